The molecule has 0 fully saturated rings. The minimum Gasteiger partial charge on any atom is -0.504 e. The minimum absolute atomic E-state index is 0.211. The van der Waals surface area contributed by atoms with E-state index < -0.39 is 5.43 Å². The van der Waals surface area contributed by atoms with Crippen LogP contribution < -0.4 is 5.43 Å². The number of phenols is 2. The highest BCUT2D eigenvalue weighted by atomic mass is 16.3. The average Bonchev–Trinajstić information content (AvgIpc) is 2.56. The van der Waals surface area contributed by atoms with E-state index in [0.29, 0.717) is 12.2 Å². The van der Waals surface area contributed by atoms with Crippen LogP contribution in [0.5, 0.6) is 17.2 Å². The lowest BCUT2D eigenvalue weighted by Crippen LogP contribution is -2.10. The van der Waals surface area contributed by atoms with E-state index in [1.54, 1.807) is 4.57 Å². The highest BCUT2D eigenvalue weighted by Crippen LogP contribution is 2.25. The van der Waals surface area contributed by atoms with E-state index in [9.17, 15) is 24.9 Å². The summed E-state index contributed by atoms with van der Waals surface area (Å²) in [5, 5.41) is 28.3. The summed E-state index contributed by atoms with van der Waals surface area (Å²) in [4.78, 5) is 23.8. The molecule has 1 aromatic carbocycles. The molecule has 0 atom stereocenters. The summed E-state index contributed by atoms with van der Waals surface area (Å²) in [6, 6.07) is 5.06. The molecular formula is C18H19NO5. The van der Waals surface area contributed by atoms with Crippen molar-refractivity contribution in [3.63, 3.8) is 0 Å². The second-order valence-corrected chi connectivity index (χ2v) is 5.40. The number of aromatic hydroxyl groups is 3. The Kier molecular flexibility index (Phi) is 5.42. The van der Waals surface area contributed by atoms with E-state index in [2.05, 4.69) is 0 Å². The van der Waals surface area contributed by atoms with Gasteiger partial charge < -0.3 is 19.9 Å². The monoisotopic (exact) mass is 329 g/mol. The lowest BCUT2D eigenvalue weighted by Gasteiger charge is -2.10. The summed E-state index contributed by atoms with van der Waals surface area (Å²) in [6.45, 7) is 2.64. The number of hydrogen-bond acceptors (Lipinski definition) is 5. The SMILES string of the molecule is CCCCn1cc(O)c(=O)cc1/C=C/C(=O)c1ccc(O)c(O)c1. The number of phenolic OH excluding ortho intramolecular Hbond substituents is 2. The van der Waals surface area contributed by atoms with Crippen LogP contribution in [0.4, 0.5) is 0 Å². The Labute approximate surface area is 138 Å². The quantitative estimate of drug-likeness (QED) is 0.430. The number of nitrogens with zero attached hydrogens (tertiary/aromatic N) is 1. The molecule has 0 bridgehead atoms. The van der Waals surface area contributed by atoms with Crippen molar-refractivity contribution in [1.82, 2.24) is 4.57 Å². The van der Waals surface area contributed by atoms with E-state index in [1.807, 2.05) is 6.92 Å². The van der Waals surface area contributed by atoms with Gasteiger partial charge in [0.2, 0.25) is 5.43 Å². The van der Waals surface area contributed by atoms with Gasteiger partial charge in [0, 0.05) is 23.9 Å². The van der Waals surface area contributed by atoms with Gasteiger partial charge >= 0.3 is 0 Å². The van der Waals surface area contributed by atoms with Crippen molar-refractivity contribution < 1.29 is 20.1 Å². The molecule has 6 heteroatoms. The van der Waals surface area contributed by atoms with Crippen molar-refractivity contribution >= 4 is 11.9 Å². The Morgan fingerprint density at radius 2 is 1.88 bits per heavy atom. The number of carbonyl (C=O) groups excluding carboxylic acids is 1. The molecular weight excluding hydrogens is 310 g/mol. The molecule has 0 spiro atoms. The van der Waals surface area contributed by atoms with Crippen LogP contribution >= 0.6 is 0 Å². The zero-order chi connectivity index (χ0) is 17.7. The number of carbonyl (C=O) groups is 1. The zero-order valence-electron chi connectivity index (χ0n) is 13.3. The van der Waals surface area contributed by atoms with Crippen LogP contribution in [0.1, 0.15) is 35.8 Å². The number of allylic oxidation sites excluding steroid dienone is 1. The largest absolute Gasteiger partial charge is 0.504 e. The molecule has 2 rings (SSSR count). The molecule has 24 heavy (non-hydrogen) atoms. The summed E-state index contributed by atoms with van der Waals surface area (Å²) in [5.41, 5.74) is 0.197. The minimum atomic E-state index is -0.517. The molecule has 0 aliphatic rings. The molecule has 0 unspecified atom stereocenters. The Balaban J connectivity index is 2.29. The van der Waals surface area contributed by atoms with Gasteiger partial charge in [-0.1, -0.05) is 13.3 Å². The number of benzene rings is 1. The first-order valence-electron chi connectivity index (χ1n) is 7.60. The Bertz CT molecular complexity index is 836. The Morgan fingerprint density at radius 3 is 2.54 bits per heavy atom. The molecule has 0 saturated carbocycles. The van der Waals surface area contributed by atoms with Gasteiger partial charge in [-0.2, -0.15) is 0 Å². The van der Waals surface area contributed by atoms with E-state index in [-0.39, 0.29) is 28.6 Å². The van der Waals surface area contributed by atoms with Crippen LogP contribution in [-0.2, 0) is 6.54 Å². The van der Waals surface area contributed by atoms with Crippen molar-refractivity contribution in [2.24, 2.45) is 0 Å². The summed E-state index contributed by atoms with van der Waals surface area (Å²) >= 11 is 0. The molecule has 0 radical (unpaired) electrons. The second kappa shape index (κ2) is 7.50. The summed E-state index contributed by atoms with van der Waals surface area (Å²) in [7, 11) is 0. The van der Waals surface area contributed by atoms with Gasteiger partial charge in [-0.15, -0.1) is 0 Å². The first-order chi connectivity index (χ1) is 11.4. The number of hydrogen-bond donors (Lipinski definition) is 3. The number of rotatable bonds is 6. The Morgan fingerprint density at radius 1 is 1.12 bits per heavy atom. The molecule has 0 aliphatic carbocycles. The third-order valence-electron chi connectivity index (χ3n) is 3.56. The molecule has 0 amide bonds. The second-order valence-electron chi connectivity index (χ2n) is 5.40. The van der Waals surface area contributed by atoms with Crippen LogP contribution in [0, 0.1) is 0 Å². The molecule has 126 valence electrons. The predicted molar refractivity (Wildman–Crippen MR) is 90.4 cm³/mol. The van der Waals surface area contributed by atoms with Crippen LogP contribution in [0.2, 0.25) is 0 Å². The van der Waals surface area contributed by atoms with Crippen LogP contribution in [-0.4, -0.2) is 25.7 Å². The number of pyridine rings is 1. The molecule has 3 N–H and O–H groups in total. The maximum atomic E-state index is 12.1. The van der Waals surface area contributed by atoms with Crippen molar-refractivity contribution in [1.29, 1.82) is 0 Å². The topological polar surface area (TPSA) is 99.8 Å². The molecule has 1 aromatic heterocycles. The first-order valence-corrected chi connectivity index (χ1v) is 7.60. The molecule has 1 heterocycles. The van der Waals surface area contributed by atoms with Crippen LogP contribution in [0.3, 0.4) is 0 Å². The number of aromatic nitrogens is 1. The van der Waals surface area contributed by atoms with E-state index in [4.69, 9.17) is 0 Å². The predicted octanol–water partition coefficient (Wildman–Crippen LogP) is 2.66. The fourth-order valence-corrected chi connectivity index (χ4v) is 2.18. The van der Waals surface area contributed by atoms with Crippen molar-refractivity contribution in [3.8, 4) is 17.2 Å². The lowest BCUT2D eigenvalue weighted by molar-refractivity contribution is 0.104. The van der Waals surface area contributed by atoms with Crippen molar-refractivity contribution in [2.45, 2.75) is 26.3 Å². The van der Waals surface area contributed by atoms with E-state index >= 15 is 0 Å². The fraction of sp³-hybridized carbons (Fsp3) is 0.222. The van der Waals surface area contributed by atoms with Gasteiger partial charge in [0.25, 0.3) is 0 Å². The standard InChI is InChI=1S/C18H19NO5/c1-2-3-8-19-11-18(24)17(23)10-13(19)5-7-14(20)12-4-6-15(21)16(22)9-12/h4-7,9-11,21-22,24H,2-3,8H2,1H3/b7-5+. The van der Waals surface area contributed by atoms with Gasteiger partial charge in [-0.05, 0) is 36.8 Å². The maximum absolute atomic E-state index is 12.1. The molecule has 2 aromatic rings. The average molecular weight is 329 g/mol. The van der Waals surface area contributed by atoms with Crippen molar-refractivity contribution in [2.75, 3.05) is 0 Å². The third kappa shape index (κ3) is 4.04. The number of unbranched alkanes of at least 4 members (excludes halogenated alkanes) is 1. The Hall–Kier alpha value is -3.02. The number of aryl methyl sites for hydroxylation is 1. The third-order valence-corrected chi connectivity index (χ3v) is 3.56. The van der Waals surface area contributed by atoms with Gasteiger partial charge in [0.15, 0.2) is 23.0 Å². The summed E-state index contributed by atoms with van der Waals surface area (Å²) in [5.74, 6) is -1.40. The molecule has 0 aliphatic heterocycles. The lowest BCUT2D eigenvalue weighted by atomic mass is 10.1. The van der Waals surface area contributed by atoms with Crippen molar-refractivity contribution in [3.05, 3.63) is 58.0 Å². The summed E-state index contributed by atoms with van der Waals surface area (Å²) < 4.78 is 1.71. The summed E-state index contributed by atoms with van der Waals surface area (Å²) in [6.07, 6.45) is 5.93. The van der Waals surface area contributed by atoms with Gasteiger partial charge in [-0.3, -0.25) is 9.59 Å². The normalized spacial score (nSPS) is 11.0. The number of ketones is 1. The maximum Gasteiger partial charge on any atom is 0.223 e. The van der Waals surface area contributed by atoms with E-state index in [1.165, 1.54) is 42.6 Å². The highest BCUT2D eigenvalue weighted by molar-refractivity contribution is 6.07. The molecule has 0 saturated heterocycles. The van der Waals surface area contributed by atoms with Crippen LogP contribution in [0.15, 0.2) is 41.3 Å². The first kappa shape index (κ1) is 17.3. The highest BCUT2D eigenvalue weighted by Gasteiger charge is 2.08. The van der Waals surface area contributed by atoms with E-state index in [0.717, 1.165) is 12.8 Å². The zero-order valence-corrected chi connectivity index (χ0v) is 13.3. The van der Waals surface area contributed by atoms with Crippen LogP contribution in [0.25, 0.3) is 6.08 Å². The smallest absolute Gasteiger partial charge is 0.223 e. The fourth-order valence-electron chi connectivity index (χ4n) is 2.18. The van der Waals surface area contributed by atoms with Gasteiger partial charge in [-0.25, -0.2) is 0 Å². The van der Waals surface area contributed by atoms with Gasteiger partial charge in [0.1, 0.15) is 0 Å². The molecule has 6 nitrogen and oxygen atoms in total. The van der Waals surface area contributed by atoms with Gasteiger partial charge in [0.05, 0.1) is 6.20 Å².